The van der Waals surface area contributed by atoms with Crippen molar-refractivity contribution in [1.29, 1.82) is 0 Å². The molecule has 0 radical (unpaired) electrons. The van der Waals surface area contributed by atoms with Crippen molar-refractivity contribution in [2.24, 2.45) is 0 Å². The molecule has 0 saturated carbocycles. The van der Waals surface area contributed by atoms with E-state index >= 15 is 0 Å². The van der Waals surface area contributed by atoms with Crippen molar-refractivity contribution in [3.8, 4) is 17.1 Å². The van der Waals surface area contributed by atoms with Gasteiger partial charge in [0.2, 0.25) is 5.91 Å². The van der Waals surface area contributed by atoms with E-state index in [1.807, 2.05) is 24.3 Å². The van der Waals surface area contributed by atoms with E-state index in [1.54, 1.807) is 66.3 Å². The maximum atomic E-state index is 13.5. The fraction of sp³-hybridized carbons (Fsp3) is 0.0690. The smallest absolute Gasteiger partial charge is 0.255 e. The predicted octanol–water partition coefficient (Wildman–Crippen LogP) is 5.74. The van der Waals surface area contributed by atoms with Gasteiger partial charge in [-0.05, 0) is 54.6 Å². The average Bonchev–Trinajstić information content (AvgIpc) is 3.27. The van der Waals surface area contributed by atoms with E-state index in [1.165, 1.54) is 18.2 Å². The number of amides is 2. The molecule has 8 heteroatoms. The number of ether oxygens (including phenoxy) is 1. The Balaban J connectivity index is 1.39. The Kier molecular flexibility index (Phi) is 6.63. The molecular weight excluding hydrogens is 471 g/mol. The van der Waals surface area contributed by atoms with Crippen LogP contribution >= 0.6 is 0 Å². The topological polar surface area (TPSA) is 85.2 Å². The summed E-state index contributed by atoms with van der Waals surface area (Å²) in [5.41, 5.74) is 3.73. The van der Waals surface area contributed by atoms with Crippen molar-refractivity contribution in [3.05, 3.63) is 108 Å². The number of halogens is 1. The number of hydrogen-bond acceptors (Lipinski definition) is 4. The van der Waals surface area contributed by atoms with Crippen molar-refractivity contribution < 1.29 is 18.7 Å². The molecule has 0 bridgehead atoms. The van der Waals surface area contributed by atoms with Crippen LogP contribution in [0.4, 0.5) is 15.8 Å². The molecule has 0 aliphatic carbocycles. The summed E-state index contributed by atoms with van der Waals surface area (Å²) in [7, 11) is 1.57. The highest BCUT2D eigenvalue weighted by molar-refractivity contribution is 6.04. The largest absolute Gasteiger partial charge is 0.497 e. The number of anilines is 2. The van der Waals surface area contributed by atoms with Crippen LogP contribution in [0.1, 0.15) is 10.4 Å². The van der Waals surface area contributed by atoms with Gasteiger partial charge in [-0.3, -0.25) is 9.59 Å². The molecule has 0 atom stereocenters. The number of aromatic nitrogens is 2. The first-order valence-corrected chi connectivity index (χ1v) is 11.6. The van der Waals surface area contributed by atoms with Crippen molar-refractivity contribution in [3.63, 3.8) is 0 Å². The van der Waals surface area contributed by atoms with Crippen LogP contribution in [-0.4, -0.2) is 28.5 Å². The first-order chi connectivity index (χ1) is 18.0. The molecule has 2 N–H and O–H groups in total. The van der Waals surface area contributed by atoms with E-state index in [9.17, 15) is 14.0 Å². The molecule has 2 amide bonds. The van der Waals surface area contributed by atoms with Gasteiger partial charge in [-0.1, -0.05) is 36.4 Å². The Hall–Kier alpha value is -4.98. The van der Waals surface area contributed by atoms with Crippen LogP contribution in [0.5, 0.6) is 5.75 Å². The number of fused-ring (bicyclic) bond motifs is 1. The summed E-state index contributed by atoms with van der Waals surface area (Å²) < 4.78 is 20.5. The van der Waals surface area contributed by atoms with Gasteiger partial charge in [0, 0.05) is 28.6 Å². The maximum absolute atomic E-state index is 13.5. The number of hydrogen-bond donors (Lipinski definition) is 2. The predicted molar refractivity (Wildman–Crippen MR) is 141 cm³/mol. The minimum Gasteiger partial charge on any atom is -0.497 e. The second-order valence-electron chi connectivity index (χ2n) is 8.33. The Morgan fingerprint density at radius 2 is 1.59 bits per heavy atom. The van der Waals surface area contributed by atoms with Gasteiger partial charge in [0.25, 0.3) is 5.91 Å². The number of imidazole rings is 1. The molecule has 7 nitrogen and oxygen atoms in total. The molecule has 4 aromatic carbocycles. The molecule has 0 unspecified atom stereocenters. The monoisotopic (exact) mass is 494 g/mol. The number of carbonyl (C=O) groups excluding carboxylic acids is 2. The second kappa shape index (κ2) is 10.3. The van der Waals surface area contributed by atoms with E-state index < -0.39 is 5.82 Å². The Labute approximate surface area is 212 Å². The fourth-order valence-electron chi connectivity index (χ4n) is 4.04. The van der Waals surface area contributed by atoms with Crippen LogP contribution in [0.15, 0.2) is 97.1 Å². The van der Waals surface area contributed by atoms with Crippen LogP contribution in [0.2, 0.25) is 0 Å². The molecule has 0 saturated heterocycles. The standard InChI is InChI=1S/C29H23FN4O3/c1-37-24-9-5-8-23(17-24)32-29(36)20-14-12-19(13-15-20)28-33-25-10-2-3-11-26(25)34(28)18-27(35)31-22-7-4-6-21(30)16-22/h2-17H,18H2,1H3,(H,31,35)(H,32,36). The second-order valence-corrected chi connectivity index (χ2v) is 8.33. The lowest BCUT2D eigenvalue weighted by atomic mass is 10.1. The van der Waals surface area contributed by atoms with Gasteiger partial charge in [-0.15, -0.1) is 0 Å². The molecule has 0 spiro atoms. The van der Waals surface area contributed by atoms with E-state index in [4.69, 9.17) is 9.72 Å². The van der Waals surface area contributed by atoms with Gasteiger partial charge in [0.1, 0.15) is 23.9 Å². The van der Waals surface area contributed by atoms with Gasteiger partial charge in [0.05, 0.1) is 18.1 Å². The van der Waals surface area contributed by atoms with Gasteiger partial charge in [-0.2, -0.15) is 0 Å². The summed E-state index contributed by atoms with van der Waals surface area (Å²) in [5, 5.41) is 5.59. The molecule has 1 aromatic heterocycles. The SMILES string of the molecule is COc1cccc(NC(=O)c2ccc(-c3nc4ccccc4n3CC(=O)Nc3cccc(F)c3)cc2)c1. The lowest BCUT2D eigenvalue weighted by molar-refractivity contribution is -0.116. The molecular formula is C29H23FN4O3. The quantitative estimate of drug-likeness (QED) is 0.302. The molecule has 0 aliphatic rings. The third kappa shape index (κ3) is 5.33. The number of benzene rings is 4. The zero-order valence-corrected chi connectivity index (χ0v) is 19.9. The van der Waals surface area contributed by atoms with E-state index in [-0.39, 0.29) is 18.4 Å². The normalized spacial score (nSPS) is 10.8. The van der Waals surface area contributed by atoms with Crippen LogP contribution in [0.3, 0.4) is 0 Å². The van der Waals surface area contributed by atoms with E-state index in [0.717, 1.165) is 16.6 Å². The summed E-state index contributed by atoms with van der Waals surface area (Å²) in [6.07, 6.45) is 0. The fourth-order valence-corrected chi connectivity index (χ4v) is 4.04. The van der Waals surface area contributed by atoms with E-state index in [2.05, 4.69) is 10.6 Å². The number of nitrogens with zero attached hydrogens (tertiary/aromatic N) is 2. The third-order valence-electron chi connectivity index (χ3n) is 5.80. The van der Waals surface area contributed by atoms with Crippen molar-refractivity contribution in [2.45, 2.75) is 6.54 Å². The molecule has 0 fully saturated rings. The number of nitrogens with one attached hydrogen (secondary N) is 2. The molecule has 5 aromatic rings. The van der Waals surface area contributed by atoms with Crippen molar-refractivity contribution >= 4 is 34.2 Å². The summed E-state index contributed by atoms with van der Waals surface area (Å²) in [5.74, 6) is 0.220. The van der Waals surface area contributed by atoms with Crippen molar-refractivity contribution in [2.75, 3.05) is 17.7 Å². The number of methoxy groups -OCH3 is 1. The highest BCUT2D eigenvalue weighted by Crippen LogP contribution is 2.26. The molecule has 1 heterocycles. The first kappa shape index (κ1) is 23.7. The van der Waals surface area contributed by atoms with Crippen LogP contribution in [0.25, 0.3) is 22.4 Å². The minimum atomic E-state index is -0.429. The molecule has 37 heavy (non-hydrogen) atoms. The van der Waals surface area contributed by atoms with Crippen LogP contribution in [0, 0.1) is 5.82 Å². The van der Waals surface area contributed by atoms with E-state index in [0.29, 0.717) is 28.5 Å². The van der Waals surface area contributed by atoms with Gasteiger partial charge in [-0.25, -0.2) is 9.37 Å². The Morgan fingerprint density at radius 3 is 2.35 bits per heavy atom. The third-order valence-corrected chi connectivity index (χ3v) is 5.80. The number of carbonyl (C=O) groups is 2. The van der Waals surface area contributed by atoms with Gasteiger partial charge < -0.3 is 19.9 Å². The summed E-state index contributed by atoms with van der Waals surface area (Å²) >= 11 is 0. The minimum absolute atomic E-state index is 0.0234. The van der Waals surface area contributed by atoms with Crippen molar-refractivity contribution in [1.82, 2.24) is 9.55 Å². The summed E-state index contributed by atoms with van der Waals surface area (Å²) in [6, 6.07) is 27.4. The van der Waals surface area contributed by atoms with Crippen LogP contribution < -0.4 is 15.4 Å². The number of para-hydroxylation sites is 2. The summed E-state index contributed by atoms with van der Waals surface area (Å²) in [4.78, 5) is 30.3. The maximum Gasteiger partial charge on any atom is 0.255 e. The molecule has 5 rings (SSSR count). The highest BCUT2D eigenvalue weighted by Gasteiger charge is 2.16. The number of rotatable bonds is 7. The zero-order chi connectivity index (χ0) is 25.8. The summed E-state index contributed by atoms with van der Waals surface area (Å²) in [6.45, 7) is -0.0234. The average molecular weight is 495 g/mol. The van der Waals surface area contributed by atoms with Crippen LogP contribution in [-0.2, 0) is 11.3 Å². The van der Waals surface area contributed by atoms with Gasteiger partial charge in [0.15, 0.2) is 0 Å². The zero-order valence-electron chi connectivity index (χ0n) is 19.9. The molecule has 184 valence electrons. The lowest BCUT2D eigenvalue weighted by Crippen LogP contribution is -2.19. The highest BCUT2D eigenvalue weighted by atomic mass is 19.1. The van der Waals surface area contributed by atoms with Gasteiger partial charge >= 0.3 is 0 Å². The Bertz CT molecular complexity index is 1590. The lowest BCUT2D eigenvalue weighted by Gasteiger charge is -2.11. The Morgan fingerprint density at radius 1 is 0.865 bits per heavy atom. The first-order valence-electron chi connectivity index (χ1n) is 11.6. The molecule has 0 aliphatic heterocycles.